The number of nitrogens with one attached hydrogen (secondary N) is 1. The molecule has 2 aromatic carbocycles. The first kappa shape index (κ1) is 20.6. The number of imidazole rings is 1. The second-order valence-electron chi connectivity index (χ2n) is 8.58. The number of fused-ring (bicyclic) bond motifs is 1. The van der Waals surface area contributed by atoms with Crippen LogP contribution in [0.4, 0.5) is 5.95 Å². The fourth-order valence-corrected chi connectivity index (χ4v) is 4.61. The lowest BCUT2D eigenvalue weighted by Gasteiger charge is -2.31. The highest BCUT2D eigenvalue weighted by Crippen LogP contribution is 2.25. The van der Waals surface area contributed by atoms with Gasteiger partial charge in [0.25, 0.3) is 0 Å². The van der Waals surface area contributed by atoms with Crippen molar-refractivity contribution in [3.8, 4) is 0 Å². The molecule has 0 spiro atoms. The first-order valence-corrected chi connectivity index (χ1v) is 11.6. The van der Waals surface area contributed by atoms with Crippen LogP contribution in [0, 0.1) is 5.92 Å². The van der Waals surface area contributed by atoms with E-state index >= 15 is 0 Å². The lowest BCUT2D eigenvalue weighted by molar-refractivity contribution is 0.188. The molecule has 164 valence electrons. The first-order chi connectivity index (χ1) is 15.8. The van der Waals surface area contributed by atoms with Gasteiger partial charge in [-0.2, -0.15) is 0 Å². The van der Waals surface area contributed by atoms with E-state index in [4.69, 9.17) is 4.98 Å². The maximum Gasteiger partial charge on any atom is 0.222 e. The highest BCUT2D eigenvalue weighted by Gasteiger charge is 2.22. The van der Waals surface area contributed by atoms with E-state index in [-0.39, 0.29) is 0 Å². The number of benzene rings is 2. The minimum Gasteiger partial charge on any atom is -0.353 e. The molecule has 0 atom stereocenters. The Morgan fingerprint density at radius 3 is 2.44 bits per heavy atom. The third-order valence-electron chi connectivity index (χ3n) is 6.37. The predicted molar refractivity (Wildman–Crippen MR) is 129 cm³/mol. The third-order valence-corrected chi connectivity index (χ3v) is 6.37. The molecule has 0 saturated carbocycles. The zero-order valence-corrected chi connectivity index (χ0v) is 18.4. The summed E-state index contributed by atoms with van der Waals surface area (Å²) in [7, 11) is 0. The van der Waals surface area contributed by atoms with Gasteiger partial charge in [0.1, 0.15) is 5.82 Å². The van der Waals surface area contributed by atoms with Gasteiger partial charge in [-0.1, -0.05) is 42.5 Å². The third kappa shape index (κ3) is 4.97. The summed E-state index contributed by atoms with van der Waals surface area (Å²) in [6, 6.07) is 21.1. The van der Waals surface area contributed by atoms with E-state index in [1.54, 1.807) is 12.4 Å². The van der Waals surface area contributed by atoms with E-state index in [9.17, 15) is 0 Å². The highest BCUT2D eigenvalue weighted by molar-refractivity contribution is 5.76. The van der Waals surface area contributed by atoms with E-state index in [2.05, 4.69) is 79.3 Å². The highest BCUT2D eigenvalue weighted by atomic mass is 15.2. The normalized spacial score (nSPS) is 15.2. The molecule has 0 aliphatic carbocycles. The van der Waals surface area contributed by atoms with Gasteiger partial charge < -0.3 is 14.8 Å². The number of aromatic nitrogens is 4. The van der Waals surface area contributed by atoms with Gasteiger partial charge in [0.2, 0.25) is 5.95 Å². The standard InChI is InChI=1S/C26H30N6/c1-2-7-22(8-3-1)20-32-24-10-5-4-9-23(24)30-25(32)19-21-11-16-31(17-12-21)18-15-29-26-27-13-6-14-28-26/h1-10,13-14,21H,11-12,15-20H2,(H,27,28,29). The van der Waals surface area contributed by atoms with Crippen molar-refractivity contribution in [3.63, 3.8) is 0 Å². The van der Waals surface area contributed by atoms with Gasteiger partial charge in [-0.25, -0.2) is 15.0 Å². The Labute approximate surface area is 189 Å². The van der Waals surface area contributed by atoms with Crippen LogP contribution in [-0.4, -0.2) is 50.6 Å². The van der Waals surface area contributed by atoms with Crippen molar-refractivity contribution in [2.24, 2.45) is 5.92 Å². The average Bonchev–Trinajstić information content (AvgIpc) is 3.18. The van der Waals surface area contributed by atoms with Gasteiger partial charge in [0, 0.05) is 38.4 Å². The van der Waals surface area contributed by atoms with Gasteiger partial charge in [-0.15, -0.1) is 0 Å². The fourth-order valence-electron chi connectivity index (χ4n) is 4.61. The SMILES string of the molecule is c1ccc(Cn2c(CC3CCN(CCNc4ncccn4)CC3)nc3ccccc32)cc1. The van der Waals surface area contributed by atoms with Crippen LogP contribution < -0.4 is 5.32 Å². The molecule has 5 rings (SSSR count). The summed E-state index contributed by atoms with van der Waals surface area (Å²) in [4.78, 5) is 16.0. The molecule has 6 nitrogen and oxygen atoms in total. The molecule has 1 N–H and O–H groups in total. The molecule has 1 aliphatic heterocycles. The Kier molecular flexibility index (Phi) is 6.40. The molecule has 1 saturated heterocycles. The molecule has 3 heterocycles. The minimum absolute atomic E-state index is 0.683. The van der Waals surface area contributed by atoms with Crippen molar-refractivity contribution in [1.82, 2.24) is 24.4 Å². The van der Waals surface area contributed by atoms with E-state index in [0.717, 1.165) is 44.7 Å². The average molecular weight is 427 g/mol. The van der Waals surface area contributed by atoms with E-state index in [0.29, 0.717) is 11.9 Å². The van der Waals surface area contributed by atoms with E-state index < -0.39 is 0 Å². The lowest BCUT2D eigenvalue weighted by atomic mass is 9.93. The number of hydrogen-bond acceptors (Lipinski definition) is 5. The molecule has 0 amide bonds. The topological polar surface area (TPSA) is 58.9 Å². The number of anilines is 1. The molecular weight excluding hydrogens is 396 g/mol. The maximum absolute atomic E-state index is 5.03. The van der Waals surface area contributed by atoms with E-state index in [1.165, 1.54) is 29.7 Å². The number of para-hydroxylation sites is 2. The summed E-state index contributed by atoms with van der Waals surface area (Å²) in [5.41, 5.74) is 3.66. The number of piperidine rings is 1. The monoisotopic (exact) mass is 426 g/mol. The molecule has 6 heteroatoms. The van der Waals surface area contributed by atoms with Crippen molar-refractivity contribution in [1.29, 1.82) is 0 Å². The zero-order chi connectivity index (χ0) is 21.6. The van der Waals surface area contributed by atoms with Gasteiger partial charge in [0.15, 0.2) is 0 Å². The van der Waals surface area contributed by atoms with Crippen LogP contribution in [0.15, 0.2) is 73.1 Å². The van der Waals surface area contributed by atoms with Crippen LogP contribution in [0.1, 0.15) is 24.2 Å². The van der Waals surface area contributed by atoms with Crippen molar-refractivity contribution >= 4 is 17.0 Å². The van der Waals surface area contributed by atoms with Crippen molar-refractivity contribution in [2.45, 2.75) is 25.8 Å². The minimum atomic E-state index is 0.683. The summed E-state index contributed by atoms with van der Waals surface area (Å²) >= 11 is 0. The number of hydrogen-bond donors (Lipinski definition) is 1. The van der Waals surface area contributed by atoms with Crippen LogP contribution >= 0.6 is 0 Å². The second-order valence-corrected chi connectivity index (χ2v) is 8.58. The van der Waals surface area contributed by atoms with E-state index in [1.807, 2.05) is 6.07 Å². The summed E-state index contributed by atoms with van der Waals surface area (Å²) in [6.07, 6.45) is 7.02. The molecule has 4 aromatic rings. The Balaban J connectivity index is 1.19. The number of likely N-dealkylation sites (tertiary alicyclic amines) is 1. The Morgan fingerprint density at radius 2 is 1.62 bits per heavy atom. The van der Waals surface area contributed by atoms with Gasteiger partial charge in [0.05, 0.1) is 11.0 Å². The van der Waals surface area contributed by atoms with Gasteiger partial charge >= 0.3 is 0 Å². The quantitative estimate of drug-likeness (QED) is 0.457. The molecule has 1 aliphatic rings. The number of rotatable bonds is 8. The molecule has 0 bridgehead atoms. The predicted octanol–water partition coefficient (Wildman–Crippen LogP) is 4.24. The summed E-state index contributed by atoms with van der Waals surface area (Å²) in [5, 5.41) is 3.31. The Morgan fingerprint density at radius 1 is 0.875 bits per heavy atom. The fraction of sp³-hybridized carbons (Fsp3) is 0.346. The summed E-state index contributed by atoms with van der Waals surface area (Å²) in [5.74, 6) is 2.61. The van der Waals surface area contributed by atoms with Crippen LogP contribution in [0.3, 0.4) is 0 Å². The maximum atomic E-state index is 5.03. The lowest BCUT2D eigenvalue weighted by Crippen LogP contribution is -2.37. The number of nitrogens with zero attached hydrogens (tertiary/aromatic N) is 5. The largest absolute Gasteiger partial charge is 0.353 e. The second kappa shape index (κ2) is 9.92. The van der Waals surface area contributed by atoms with Gasteiger partial charge in [-0.05, 0) is 55.6 Å². The zero-order valence-electron chi connectivity index (χ0n) is 18.4. The summed E-state index contributed by atoms with van der Waals surface area (Å²) < 4.78 is 2.42. The van der Waals surface area contributed by atoms with Crippen molar-refractivity contribution in [2.75, 3.05) is 31.5 Å². The molecule has 0 radical (unpaired) electrons. The Hall–Kier alpha value is -3.25. The van der Waals surface area contributed by atoms with Crippen molar-refractivity contribution in [3.05, 3.63) is 84.4 Å². The molecule has 0 unspecified atom stereocenters. The molecule has 1 fully saturated rings. The van der Waals surface area contributed by atoms with Crippen LogP contribution in [-0.2, 0) is 13.0 Å². The van der Waals surface area contributed by atoms with Crippen LogP contribution in [0.2, 0.25) is 0 Å². The van der Waals surface area contributed by atoms with Crippen LogP contribution in [0.5, 0.6) is 0 Å². The Bertz CT molecular complexity index is 1120. The summed E-state index contributed by atoms with van der Waals surface area (Å²) in [6.45, 7) is 5.06. The molecular formula is C26H30N6. The molecule has 2 aromatic heterocycles. The smallest absolute Gasteiger partial charge is 0.222 e. The van der Waals surface area contributed by atoms with Crippen LogP contribution in [0.25, 0.3) is 11.0 Å². The first-order valence-electron chi connectivity index (χ1n) is 11.6. The van der Waals surface area contributed by atoms with Gasteiger partial charge in [-0.3, -0.25) is 0 Å². The molecule has 32 heavy (non-hydrogen) atoms. The van der Waals surface area contributed by atoms with Crippen molar-refractivity contribution < 1.29 is 0 Å².